The van der Waals surface area contributed by atoms with Crippen LogP contribution in [-0.4, -0.2) is 24.9 Å². The van der Waals surface area contributed by atoms with E-state index in [1.165, 1.54) is 0 Å². The Bertz CT molecular complexity index is 323. The maximum atomic E-state index is 9.40. The minimum atomic E-state index is -0.281. The molecule has 0 saturated carbocycles. The van der Waals surface area contributed by atoms with Crippen molar-refractivity contribution in [3.8, 4) is 11.5 Å². The number of ether oxygens (including phenoxy) is 2. The van der Waals surface area contributed by atoms with Gasteiger partial charge in [0.2, 0.25) is 0 Å². The van der Waals surface area contributed by atoms with Crippen LogP contribution in [0.5, 0.6) is 11.5 Å². The number of aryl methyl sites for hydroxylation is 1. The summed E-state index contributed by atoms with van der Waals surface area (Å²) in [4.78, 5) is 0. The molecule has 0 aliphatic carbocycles. The Hall–Kier alpha value is -1.22. The SMILES string of the molecule is CCC(O)CCOc1ccc(C)cc1OC. The molecule has 0 aliphatic heterocycles. The van der Waals surface area contributed by atoms with Crippen LogP contribution in [0.3, 0.4) is 0 Å². The highest BCUT2D eigenvalue weighted by molar-refractivity contribution is 5.42. The van der Waals surface area contributed by atoms with Crippen molar-refractivity contribution < 1.29 is 14.6 Å². The average Bonchev–Trinajstić information content (AvgIpc) is 2.30. The number of aliphatic hydroxyl groups is 1. The number of aliphatic hydroxyl groups excluding tert-OH is 1. The van der Waals surface area contributed by atoms with Crippen LogP contribution >= 0.6 is 0 Å². The molecule has 90 valence electrons. The fourth-order valence-corrected chi connectivity index (χ4v) is 1.40. The molecule has 0 bridgehead atoms. The van der Waals surface area contributed by atoms with Crippen LogP contribution < -0.4 is 9.47 Å². The smallest absolute Gasteiger partial charge is 0.161 e. The van der Waals surface area contributed by atoms with Crippen LogP contribution in [-0.2, 0) is 0 Å². The van der Waals surface area contributed by atoms with Gasteiger partial charge in [-0.1, -0.05) is 13.0 Å². The zero-order chi connectivity index (χ0) is 12.0. The molecule has 16 heavy (non-hydrogen) atoms. The Balaban J connectivity index is 2.53. The van der Waals surface area contributed by atoms with E-state index in [9.17, 15) is 5.11 Å². The number of benzene rings is 1. The van der Waals surface area contributed by atoms with Crippen LogP contribution in [0.15, 0.2) is 18.2 Å². The molecule has 1 rings (SSSR count). The third kappa shape index (κ3) is 3.74. The van der Waals surface area contributed by atoms with E-state index in [2.05, 4.69) is 0 Å². The first kappa shape index (κ1) is 12.8. The largest absolute Gasteiger partial charge is 0.493 e. The van der Waals surface area contributed by atoms with Crippen molar-refractivity contribution in [2.24, 2.45) is 0 Å². The third-order valence-electron chi connectivity index (χ3n) is 2.50. The lowest BCUT2D eigenvalue weighted by molar-refractivity contribution is 0.134. The summed E-state index contributed by atoms with van der Waals surface area (Å²) >= 11 is 0. The predicted molar refractivity (Wildman–Crippen MR) is 64.1 cm³/mol. The van der Waals surface area contributed by atoms with E-state index in [0.29, 0.717) is 13.0 Å². The van der Waals surface area contributed by atoms with E-state index >= 15 is 0 Å². The molecule has 1 aromatic carbocycles. The first-order valence-electron chi connectivity index (χ1n) is 5.63. The van der Waals surface area contributed by atoms with Gasteiger partial charge >= 0.3 is 0 Å². The molecular formula is C13H20O3. The van der Waals surface area contributed by atoms with Crippen molar-refractivity contribution in [1.82, 2.24) is 0 Å². The molecule has 0 fully saturated rings. The van der Waals surface area contributed by atoms with Gasteiger partial charge in [-0.25, -0.2) is 0 Å². The van der Waals surface area contributed by atoms with Gasteiger partial charge in [-0.3, -0.25) is 0 Å². The second-order valence-electron chi connectivity index (χ2n) is 3.85. The molecule has 0 heterocycles. The van der Waals surface area contributed by atoms with E-state index in [4.69, 9.17) is 9.47 Å². The Kier molecular flexibility index (Phi) is 5.12. The highest BCUT2D eigenvalue weighted by Crippen LogP contribution is 2.27. The molecule has 1 aromatic rings. The van der Waals surface area contributed by atoms with Crippen LogP contribution in [0.25, 0.3) is 0 Å². The number of rotatable bonds is 6. The van der Waals surface area contributed by atoms with Crippen molar-refractivity contribution in [3.63, 3.8) is 0 Å². The molecule has 1 atom stereocenters. The van der Waals surface area contributed by atoms with Crippen LogP contribution in [0, 0.1) is 6.92 Å². The summed E-state index contributed by atoms with van der Waals surface area (Å²) in [6.45, 7) is 4.47. The summed E-state index contributed by atoms with van der Waals surface area (Å²) < 4.78 is 10.8. The summed E-state index contributed by atoms with van der Waals surface area (Å²) in [6, 6.07) is 5.81. The lowest BCUT2D eigenvalue weighted by Crippen LogP contribution is -2.10. The van der Waals surface area contributed by atoms with Gasteiger partial charge in [0.25, 0.3) is 0 Å². The fraction of sp³-hybridized carbons (Fsp3) is 0.538. The maximum Gasteiger partial charge on any atom is 0.161 e. The zero-order valence-electron chi connectivity index (χ0n) is 10.2. The van der Waals surface area contributed by atoms with Crippen molar-refractivity contribution in [1.29, 1.82) is 0 Å². The highest BCUT2D eigenvalue weighted by Gasteiger charge is 2.05. The minimum Gasteiger partial charge on any atom is -0.493 e. The second-order valence-corrected chi connectivity index (χ2v) is 3.85. The number of hydrogen-bond donors (Lipinski definition) is 1. The molecule has 3 nitrogen and oxygen atoms in total. The van der Waals surface area contributed by atoms with E-state index in [1.807, 2.05) is 32.0 Å². The first-order chi connectivity index (χ1) is 7.67. The maximum absolute atomic E-state index is 9.40. The minimum absolute atomic E-state index is 0.281. The van der Waals surface area contributed by atoms with Gasteiger partial charge < -0.3 is 14.6 Å². The van der Waals surface area contributed by atoms with Crippen molar-refractivity contribution in [2.45, 2.75) is 32.8 Å². The molecule has 3 heteroatoms. The van der Waals surface area contributed by atoms with Gasteiger partial charge in [0.05, 0.1) is 19.8 Å². The quantitative estimate of drug-likeness (QED) is 0.807. The summed E-state index contributed by atoms with van der Waals surface area (Å²) in [5.74, 6) is 1.47. The first-order valence-corrected chi connectivity index (χ1v) is 5.63. The summed E-state index contributed by atoms with van der Waals surface area (Å²) in [7, 11) is 1.63. The van der Waals surface area contributed by atoms with E-state index in [1.54, 1.807) is 7.11 Å². The third-order valence-corrected chi connectivity index (χ3v) is 2.50. The lowest BCUT2D eigenvalue weighted by atomic mass is 10.2. The summed E-state index contributed by atoms with van der Waals surface area (Å²) in [6.07, 6.45) is 1.12. The summed E-state index contributed by atoms with van der Waals surface area (Å²) in [5, 5.41) is 9.40. The second kappa shape index (κ2) is 6.38. The molecular weight excluding hydrogens is 204 g/mol. The molecule has 0 aromatic heterocycles. The van der Waals surface area contributed by atoms with E-state index < -0.39 is 0 Å². The number of methoxy groups -OCH3 is 1. The zero-order valence-corrected chi connectivity index (χ0v) is 10.2. The molecule has 0 aliphatic rings. The van der Waals surface area contributed by atoms with Gasteiger partial charge in [-0.15, -0.1) is 0 Å². The van der Waals surface area contributed by atoms with E-state index in [-0.39, 0.29) is 6.10 Å². The van der Waals surface area contributed by atoms with Crippen molar-refractivity contribution in [3.05, 3.63) is 23.8 Å². The topological polar surface area (TPSA) is 38.7 Å². The molecule has 0 saturated heterocycles. The molecule has 1 N–H and O–H groups in total. The summed E-state index contributed by atoms with van der Waals surface area (Å²) in [5.41, 5.74) is 1.14. The van der Waals surface area contributed by atoms with Crippen molar-refractivity contribution in [2.75, 3.05) is 13.7 Å². The van der Waals surface area contributed by atoms with Gasteiger partial charge in [0.1, 0.15) is 0 Å². The van der Waals surface area contributed by atoms with Gasteiger partial charge in [-0.05, 0) is 31.0 Å². The molecule has 0 spiro atoms. The van der Waals surface area contributed by atoms with Crippen molar-refractivity contribution >= 4 is 0 Å². The normalized spacial score (nSPS) is 12.2. The Labute approximate surface area is 97.0 Å². The number of hydrogen-bond acceptors (Lipinski definition) is 3. The predicted octanol–water partition coefficient (Wildman–Crippen LogP) is 2.54. The Morgan fingerprint density at radius 1 is 1.31 bits per heavy atom. The van der Waals surface area contributed by atoms with Crippen LogP contribution in [0.1, 0.15) is 25.3 Å². The molecule has 0 amide bonds. The monoisotopic (exact) mass is 224 g/mol. The Morgan fingerprint density at radius 2 is 2.06 bits per heavy atom. The van der Waals surface area contributed by atoms with Gasteiger partial charge in [0.15, 0.2) is 11.5 Å². The molecule has 0 radical (unpaired) electrons. The van der Waals surface area contributed by atoms with Gasteiger partial charge in [-0.2, -0.15) is 0 Å². The fourth-order valence-electron chi connectivity index (χ4n) is 1.40. The van der Waals surface area contributed by atoms with Gasteiger partial charge in [0, 0.05) is 6.42 Å². The average molecular weight is 224 g/mol. The highest BCUT2D eigenvalue weighted by atomic mass is 16.5. The Morgan fingerprint density at radius 3 is 2.69 bits per heavy atom. The van der Waals surface area contributed by atoms with Crippen LogP contribution in [0.2, 0.25) is 0 Å². The standard InChI is InChI=1S/C13H20O3/c1-4-11(14)7-8-16-12-6-5-10(2)9-13(12)15-3/h5-6,9,11,14H,4,7-8H2,1-3H3. The lowest BCUT2D eigenvalue weighted by Gasteiger charge is -2.12. The van der Waals surface area contributed by atoms with Crippen LogP contribution in [0.4, 0.5) is 0 Å². The van der Waals surface area contributed by atoms with E-state index in [0.717, 1.165) is 23.5 Å². The molecule has 1 unspecified atom stereocenters.